The Balaban J connectivity index is 4.42. The van der Waals surface area contributed by atoms with Gasteiger partial charge in [0.2, 0.25) is 0 Å². The molecule has 6 heteroatoms. The molecule has 0 aliphatic heterocycles. The first kappa shape index (κ1) is 60.1. The lowest BCUT2D eigenvalue weighted by molar-refractivity contribution is -0.167. The van der Waals surface area contributed by atoms with Crippen LogP contribution < -0.4 is 0 Å². The molecule has 0 aromatic carbocycles. The minimum atomic E-state index is -0.788. The van der Waals surface area contributed by atoms with E-state index in [-0.39, 0.29) is 31.1 Å². The molecule has 0 rings (SSSR count). The van der Waals surface area contributed by atoms with Crippen LogP contribution in [-0.2, 0) is 28.6 Å². The summed E-state index contributed by atoms with van der Waals surface area (Å²) in [6.45, 7) is 6.50. The highest BCUT2D eigenvalue weighted by atomic mass is 16.6. The highest BCUT2D eigenvalue weighted by Gasteiger charge is 2.19. The summed E-state index contributed by atoms with van der Waals surface area (Å²) in [5.74, 6) is -0.915. The number of hydrogen-bond acceptors (Lipinski definition) is 6. The van der Waals surface area contributed by atoms with Crippen molar-refractivity contribution in [2.45, 2.75) is 271 Å². The van der Waals surface area contributed by atoms with Gasteiger partial charge in [0.1, 0.15) is 13.2 Å². The Hall–Kier alpha value is -2.89. The quantitative estimate of drug-likeness (QED) is 0.0262. The van der Waals surface area contributed by atoms with Crippen LogP contribution in [0.25, 0.3) is 0 Å². The maximum atomic E-state index is 12.8. The molecule has 0 aromatic heterocycles. The Morgan fingerprint density at radius 3 is 0.984 bits per heavy atom. The lowest BCUT2D eigenvalue weighted by Gasteiger charge is -2.18. The second kappa shape index (κ2) is 51.7. The number of hydrogen-bond donors (Lipinski definition) is 0. The van der Waals surface area contributed by atoms with Gasteiger partial charge >= 0.3 is 17.9 Å². The van der Waals surface area contributed by atoms with Crippen LogP contribution in [0.5, 0.6) is 0 Å². The van der Waals surface area contributed by atoms with Crippen LogP contribution in [0.15, 0.2) is 60.8 Å². The Morgan fingerprint density at radius 2 is 0.619 bits per heavy atom. The number of ether oxygens (including phenoxy) is 3. The van der Waals surface area contributed by atoms with Gasteiger partial charge in [-0.3, -0.25) is 14.4 Å². The fourth-order valence-corrected chi connectivity index (χ4v) is 7.45. The summed E-state index contributed by atoms with van der Waals surface area (Å²) in [6.07, 6.45) is 63.4. The van der Waals surface area contributed by atoms with Gasteiger partial charge in [-0.1, -0.05) is 204 Å². The Kier molecular flexibility index (Phi) is 49.4. The van der Waals surface area contributed by atoms with Crippen LogP contribution in [0.2, 0.25) is 0 Å². The number of rotatable bonds is 48. The van der Waals surface area contributed by atoms with Crippen molar-refractivity contribution in [3.63, 3.8) is 0 Å². The molecule has 0 radical (unpaired) electrons. The normalized spacial score (nSPS) is 12.5. The molecule has 0 fully saturated rings. The van der Waals surface area contributed by atoms with Gasteiger partial charge in [-0.05, 0) is 103 Å². The van der Waals surface area contributed by atoms with E-state index in [9.17, 15) is 14.4 Å². The monoisotopic (exact) mass is 881 g/mol. The SMILES string of the molecule is CC/C=C\C/C=C\C/C=C\CCCCCCCC(=O)OC[C@@H](COC(=O)CCCCCCC/C=C\CCCCCCCC)OC(=O)CCCCCCC/C=C\CCCCCCCC. The molecule has 0 spiro atoms. The number of carbonyl (C=O) groups excluding carboxylic acids is 3. The minimum Gasteiger partial charge on any atom is -0.462 e. The molecular weight excluding hydrogens is 781 g/mol. The van der Waals surface area contributed by atoms with Gasteiger partial charge in [0, 0.05) is 19.3 Å². The average molecular weight is 881 g/mol. The van der Waals surface area contributed by atoms with Crippen LogP contribution in [0, 0.1) is 0 Å². The predicted octanol–water partition coefficient (Wildman–Crippen LogP) is 17.6. The fraction of sp³-hybridized carbons (Fsp3) is 0.772. The summed E-state index contributed by atoms with van der Waals surface area (Å²) < 4.78 is 16.8. The van der Waals surface area contributed by atoms with Crippen LogP contribution in [0.4, 0.5) is 0 Å². The van der Waals surface area contributed by atoms with Crippen molar-refractivity contribution in [2.24, 2.45) is 0 Å². The molecule has 0 saturated carbocycles. The van der Waals surface area contributed by atoms with Gasteiger partial charge in [-0.25, -0.2) is 0 Å². The van der Waals surface area contributed by atoms with E-state index < -0.39 is 6.10 Å². The standard InChI is InChI=1S/C57H100O6/c1-4-7-10-13-16-19-22-25-28-31-34-37-40-43-46-49-55(58)61-52-54(63-57(60)51-48-45-42-39-36-33-30-27-24-21-18-15-12-9-6-3)53-62-56(59)50-47-44-41-38-35-32-29-26-23-20-17-14-11-8-5-2/h7,10,16,19,25-30,54H,4-6,8-9,11-15,17-18,20-24,31-53H2,1-3H3/b10-7-,19-16-,28-25-,29-26-,30-27-/t54-/m0/s1. The molecular formula is C57H100O6. The van der Waals surface area contributed by atoms with E-state index in [2.05, 4.69) is 81.5 Å². The van der Waals surface area contributed by atoms with Gasteiger partial charge in [-0.2, -0.15) is 0 Å². The molecule has 63 heavy (non-hydrogen) atoms. The van der Waals surface area contributed by atoms with Crippen molar-refractivity contribution in [1.29, 1.82) is 0 Å². The molecule has 364 valence electrons. The maximum absolute atomic E-state index is 12.8. The van der Waals surface area contributed by atoms with E-state index in [1.165, 1.54) is 109 Å². The summed E-state index contributed by atoms with van der Waals surface area (Å²) in [4.78, 5) is 38.0. The van der Waals surface area contributed by atoms with Crippen molar-refractivity contribution in [3.8, 4) is 0 Å². The first-order chi connectivity index (χ1) is 31.0. The number of esters is 3. The third-order valence-corrected chi connectivity index (χ3v) is 11.5. The largest absolute Gasteiger partial charge is 0.462 e. The molecule has 0 unspecified atom stereocenters. The van der Waals surface area contributed by atoms with Crippen molar-refractivity contribution >= 4 is 17.9 Å². The van der Waals surface area contributed by atoms with Crippen LogP contribution in [0.1, 0.15) is 265 Å². The van der Waals surface area contributed by atoms with Crippen molar-refractivity contribution in [2.75, 3.05) is 13.2 Å². The van der Waals surface area contributed by atoms with E-state index in [1.807, 2.05) is 0 Å². The van der Waals surface area contributed by atoms with E-state index in [4.69, 9.17) is 14.2 Å². The van der Waals surface area contributed by atoms with E-state index in [1.54, 1.807) is 0 Å². The molecule has 6 nitrogen and oxygen atoms in total. The van der Waals surface area contributed by atoms with Crippen molar-refractivity contribution in [3.05, 3.63) is 60.8 Å². The van der Waals surface area contributed by atoms with Crippen LogP contribution in [0.3, 0.4) is 0 Å². The smallest absolute Gasteiger partial charge is 0.306 e. The zero-order valence-corrected chi connectivity index (χ0v) is 41.6. The molecule has 0 bridgehead atoms. The predicted molar refractivity (Wildman–Crippen MR) is 270 cm³/mol. The molecule has 0 heterocycles. The summed E-state index contributed by atoms with van der Waals surface area (Å²) in [5, 5.41) is 0. The summed E-state index contributed by atoms with van der Waals surface area (Å²) in [6, 6.07) is 0. The highest BCUT2D eigenvalue weighted by Crippen LogP contribution is 2.14. The lowest BCUT2D eigenvalue weighted by atomic mass is 10.1. The minimum absolute atomic E-state index is 0.0870. The number of allylic oxidation sites excluding steroid dienone is 10. The Morgan fingerprint density at radius 1 is 0.333 bits per heavy atom. The Bertz CT molecular complexity index is 1150. The third-order valence-electron chi connectivity index (χ3n) is 11.5. The van der Waals surface area contributed by atoms with Gasteiger partial charge in [0.05, 0.1) is 0 Å². The number of carbonyl (C=O) groups is 3. The summed E-state index contributed by atoms with van der Waals surface area (Å²) in [7, 11) is 0. The van der Waals surface area contributed by atoms with Gasteiger partial charge in [0.15, 0.2) is 6.10 Å². The first-order valence-electron chi connectivity index (χ1n) is 26.8. The fourth-order valence-electron chi connectivity index (χ4n) is 7.45. The van der Waals surface area contributed by atoms with Crippen molar-refractivity contribution in [1.82, 2.24) is 0 Å². The van der Waals surface area contributed by atoms with E-state index in [0.29, 0.717) is 19.3 Å². The molecule has 0 N–H and O–H groups in total. The van der Waals surface area contributed by atoms with Crippen molar-refractivity contribution < 1.29 is 28.6 Å². The molecule has 0 amide bonds. The highest BCUT2D eigenvalue weighted by molar-refractivity contribution is 5.71. The zero-order valence-electron chi connectivity index (χ0n) is 41.6. The molecule has 0 saturated heterocycles. The van der Waals surface area contributed by atoms with Gasteiger partial charge in [0.25, 0.3) is 0 Å². The first-order valence-corrected chi connectivity index (χ1v) is 26.8. The second-order valence-corrected chi connectivity index (χ2v) is 17.7. The maximum Gasteiger partial charge on any atom is 0.306 e. The molecule has 0 aliphatic rings. The Labute approximate surface area is 390 Å². The van der Waals surface area contributed by atoms with E-state index in [0.717, 1.165) is 116 Å². The van der Waals surface area contributed by atoms with Gasteiger partial charge < -0.3 is 14.2 Å². The summed E-state index contributed by atoms with van der Waals surface area (Å²) >= 11 is 0. The lowest BCUT2D eigenvalue weighted by Crippen LogP contribution is -2.30. The average Bonchev–Trinajstić information content (AvgIpc) is 3.28. The molecule has 0 aromatic rings. The van der Waals surface area contributed by atoms with E-state index >= 15 is 0 Å². The molecule has 1 atom stereocenters. The van der Waals surface area contributed by atoms with Gasteiger partial charge in [-0.15, -0.1) is 0 Å². The zero-order chi connectivity index (χ0) is 45.8. The van der Waals surface area contributed by atoms with Crippen LogP contribution in [-0.4, -0.2) is 37.2 Å². The second-order valence-electron chi connectivity index (χ2n) is 17.7. The third kappa shape index (κ3) is 50.0. The molecule has 0 aliphatic carbocycles. The topological polar surface area (TPSA) is 78.9 Å². The summed E-state index contributed by atoms with van der Waals surface area (Å²) in [5.41, 5.74) is 0. The number of unbranched alkanes of at least 4 members (excludes halogenated alkanes) is 27. The van der Waals surface area contributed by atoms with Crippen LogP contribution >= 0.6 is 0 Å².